The molecule has 7 nitrogen and oxygen atoms in total. The summed E-state index contributed by atoms with van der Waals surface area (Å²) in [5.41, 5.74) is -0.0304. The fourth-order valence-electron chi connectivity index (χ4n) is 1.91. The third kappa shape index (κ3) is 3.90. The van der Waals surface area contributed by atoms with Gasteiger partial charge >= 0.3 is 0 Å². The van der Waals surface area contributed by atoms with Crippen molar-refractivity contribution in [3.05, 3.63) is 33.2 Å². The lowest BCUT2D eigenvalue weighted by Crippen LogP contribution is -2.42. The summed E-state index contributed by atoms with van der Waals surface area (Å²) in [6.07, 6.45) is -0.142. The van der Waals surface area contributed by atoms with Crippen LogP contribution in [-0.4, -0.2) is 43.1 Å². The maximum Gasteiger partial charge on any atom is 0.270 e. The molecule has 1 atom stereocenters. The van der Waals surface area contributed by atoms with Crippen LogP contribution in [0.2, 0.25) is 0 Å². The maximum absolute atomic E-state index is 12.4. The van der Waals surface area contributed by atoms with Gasteiger partial charge in [-0.2, -0.15) is 0 Å². The van der Waals surface area contributed by atoms with Crippen molar-refractivity contribution in [3.63, 3.8) is 0 Å². The van der Waals surface area contributed by atoms with Crippen LogP contribution in [0.25, 0.3) is 10.1 Å². The smallest absolute Gasteiger partial charge is 0.270 e. The molecular formula is C14H18ClN3O4S. The SMILES string of the molecule is COc1c(C(=O)NC(C)N(C)C)sc2ccc([N+](=O)[O-])cc12.Cl. The number of hydrogen-bond donors (Lipinski definition) is 1. The summed E-state index contributed by atoms with van der Waals surface area (Å²) in [6.45, 7) is 1.86. The Bertz CT molecular complexity index is 732. The molecule has 1 unspecified atom stereocenters. The first-order valence-electron chi connectivity index (χ1n) is 6.57. The Hall–Kier alpha value is -1.90. The lowest BCUT2D eigenvalue weighted by atomic mass is 10.2. The minimum absolute atomic E-state index is 0. The Morgan fingerprint density at radius 3 is 2.61 bits per heavy atom. The number of nitro groups is 1. The van der Waals surface area contributed by atoms with E-state index in [0.29, 0.717) is 16.0 Å². The van der Waals surface area contributed by atoms with E-state index in [1.165, 1.54) is 30.6 Å². The summed E-state index contributed by atoms with van der Waals surface area (Å²) in [7, 11) is 5.17. The van der Waals surface area contributed by atoms with E-state index in [1.54, 1.807) is 6.07 Å². The summed E-state index contributed by atoms with van der Waals surface area (Å²) in [5.74, 6) is 0.106. The second-order valence-corrected chi connectivity index (χ2v) is 6.07. The Morgan fingerprint density at radius 1 is 1.43 bits per heavy atom. The molecule has 0 spiro atoms. The molecular weight excluding hydrogens is 342 g/mol. The summed E-state index contributed by atoms with van der Waals surface area (Å²) >= 11 is 1.25. The number of fused-ring (bicyclic) bond motifs is 1. The fourth-order valence-corrected chi connectivity index (χ4v) is 2.97. The van der Waals surface area contributed by atoms with Gasteiger partial charge in [0.15, 0.2) is 5.75 Å². The number of amides is 1. The molecule has 0 bridgehead atoms. The number of carbonyl (C=O) groups excluding carboxylic acids is 1. The van der Waals surface area contributed by atoms with Crippen LogP contribution in [0.5, 0.6) is 5.75 Å². The number of nitrogens with zero attached hydrogens (tertiary/aromatic N) is 2. The maximum atomic E-state index is 12.4. The van der Waals surface area contributed by atoms with E-state index >= 15 is 0 Å². The normalized spacial score (nSPS) is 11.9. The van der Waals surface area contributed by atoms with Gasteiger partial charge in [0.05, 0.1) is 18.2 Å². The molecule has 0 aliphatic rings. The topological polar surface area (TPSA) is 84.7 Å². The molecule has 1 amide bonds. The molecule has 1 heterocycles. The molecule has 1 N–H and O–H groups in total. The van der Waals surface area contributed by atoms with Crippen LogP contribution in [-0.2, 0) is 0 Å². The first kappa shape index (κ1) is 19.1. The number of nitro benzene ring substituents is 1. The summed E-state index contributed by atoms with van der Waals surface area (Å²) in [5, 5.41) is 14.3. The minimum Gasteiger partial charge on any atom is -0.494 e. The first-order chi connectivity index (χ1) is 10.3. The van der Waals surface area contributed by atoms with Gasteiger partial charge in [-0.15, -0.1) is 23.7 Å². The number of non-ortho nitro benzene ring substituents is 1. The number of methoxy groups -OCH3 is 1. The number of carbonyl (C=O) groups is 1. The van der Waals surface area contributed by atoms with Gasteiger partial charge in [-0.25, -0.2) is 0 Å². The van der Waals surface area contributed by atoms with Crippen molar-refractivity contribution in [2.75, 3.05) is 21.2 Å². The number of nitrogens with one attached hydrogen (secondary N) is 1. The van der Waals surface area contributed by atoms with Crippen LogP contribution in [0.15, 0.2) is 18.2 Å². The first-order valence-corrected chi connectivity index (χ1v) is 7.39. The number of ether oxygens (including phenoxy) is 1. The van der Waals surface area contributed by atoms with Crippen molar-refractivity contribution in [3.8, 4) is 5.75 Å². The van der Waals surface area contributed by atoms with Crippen molar-refractivity contribution in [1.82, 2.24) is 10.2 Å². The molecule has 0 aliphatic heterocycles. The summed E-state index contributed by atoms with van der Waals surface area (Å²) in [4.78, 5) is 25.1. The Balaban J connectivity index is 0.00000264. The van der Waals surface area contributed by atoms with Crippen molar-refractivity contribution < 1.29 is 14.5 Å². The average molecular weight is 360 g/mol. The van der Waals surface area contributed by atoms with Gasteiger partial charge in [-0.1, -0.05) is 0 Å². The van der Waals surface area contributed by atoms with E-state index in [4.69, 9.17) is 4.74 Å². The van der Waals surface area contributed by atoms with E-state index in [2.05, 4.69) is 5.32 Å². The molecule has 0 saturated carbocycles. The van der Waals surface area contributed by atoms with Gasteiger partial charge < -0.3 is 10.1 Å². The van der Waals surface area contributed by atoms with Gasteiger partial charge in [0.25, 0.3) is 11.6 Å². The van der Waals surface area contributed by atoms with Crippen molar-refractivity contribution >= 4 is 45.4 Å². The van der Waals surface area contributed by atoms with Crippen LogP contribution in [0.4, 0.5) is 5.69 Å². The second-order valence-electron chi connectivity index (χ2n) is 5.02. The third-order valence-electron chi connectivity index (χ3n) is 3.36. The average Bonchev–Trinajstić information content (AvgIpc) is 2.84. The lowest BCUT2D eigenvalue weighted by molar-refractivity contribution is -0.384. The third-order valence-corrected chi connectivity index (χ3v) is 4.51. The highest BCUT2D eigenvalue weighted by atomic mass is 35.5. The predicted molar refractivity (Wildman–Crippen MR) is 92.9 cm³/mol. The van der Waals surface area contributed by atoms with E-state index < -0.39 is 4.92 Å². The highest BCUT2D eigenvalue weighted by Crippen LogP contribution is 2.39. The largest absolute Gasteiger partial charge is 0.494 e. The molecule has 1 aromatic heterocycles. The predicted octanol–water partition coefficient (Wildman–Crippen LogP) is 2.88. The highest BCUT2D eigenvalue weighted by molar-refractivity contribution is 7.21. The Labute approximate surface area is 143 Å². The molecule has 0 fully saturated rings. The van der Waals surface area contributed by atoms with E-state index in [9.17, 15) is 14.9 Å². The van der Waals surface area contributed by atoms with E-state index in [-0.39, 0.29) is 30.2 Å². The number of hydrogen-bond acceptors (Lipinski definition) is 6. The Morgan fingerprint density at radius 2 is 2.09 bits per heavy atom. The Kier molecular flexibility index (Phi) is 6.31. The molecule has 2 aromatic rings. The van der Waals surface area contributed by atoms with E-state index in [1.807, 2.05) is 25.9 Å². The highest BCUT2D eigenvalue weighted by Gasteiger charge is 2.22. The van der Waals surface area contributed by atoms with Crippen molar-refractivity contribution in [2.45, 2.75) is 13.1 Å². The monoisotopic (exact) mass is 359 g/mol. The van der Waals surface area contributed by atoms with E-state index in [0.717, 1.165) is 4.70 Å². The number of thiophene rings is 1. The standard InChI is InChI=1S/C14H17N3O4S.ClH/c1-8(16(2)3)15-14(18)13-12(21-4)10-7-9(17(19)20)5-6-11(10)22-13;/h5-8H,1-4H3,(H,15,18);1H. The number of benzene rings is 1. The quantitative estimate of drug-likeness (QED) is 0.504. The van der Waals surface area contributed by atoms with Crippen LogP contribution in [0.1, 0.15) is 16.6 Å². The zero-order valence-electron chi connectivity index (χ0n) is 13.2. The van der Waals surface area contributed by atoms with Crippen molar-refractivity contribution in [1.29, 1.82) is 0 Å². The van der Waals surface area contributed by atoms with Crippen LogP contribution in [0.3, 0.4) is 0 Å². The van der Waals surface area contributed by atoms with Crippen LogP contribution in [0, 0.1) is 10.1 Å². The minimum atomic E-state index is -0.468. The molecule has 9 heteroatoms. The summed E-state index contributed by atoms with van der Waals surface area (Å²) in [6, 6.07) is 4.48. The van der Waals surface area contributed by atoms with Gasteiger partial charge in [-0.05, 0) is 27.1 Å². The van der Waals surface area contributed by atoms with Crippen LogP contribution < -0.4 is 10.1 Å². The van der Waals surface area contributed by atoms with Gasteiger partial charge in [0.2, 0.25) is 0 Å². The molecule has 0 aliphatic carbocycles. The molecule has 0 saturated heterocycles. The summed E-state index contributed by atoms with van der Waals surface area (Å²) < 4.78 is 6.08. The molecule has 126 valence electrons. The lowest BCUT2D eigenvalue weighted by Gasteiger charge is -2.20. The number of halogens is 1. The molecule has 0 radical (unpaired) electrons. The fraction of sp³-hybridized carbons (Fsp3) is 0.357. The van der Waals surface area contributed by atoms with Gasteiger partial charge in [-0.3, -0.25) is 19.8 Å². The van der Waals surface area contributed by atoms with Crippen LogP contribution >= 0.6 is 23.7 Å². The van der Waals surface area contributed by atoms with Crippen molar-refractivity contribution in [2.24, 2.45) is 0 Å². The number of rotatable bonds is 5. The molecule has 23 heavy (non-hydrogen) atoms. The zero-order chi connectivity index (χ0) is 16.4. The van der Waals surface area contributed by atoms with Gasteiger partial charge in [0, 0.05) is 22.2 Å². The zero-order valence-corrected chi connectivity index (χ0v) is 14.8. The second kappa shape index (κ2) is 7.58. The molecule has 2 rings (SSSR count). The molecule has 1 aromatic carbocycles. The van der Waals surface area contributed by atoms with Gasteiger partial charge in [0.1, 0.15) is 4.88 Å².